The summed E-state index contributed by atoms with van der Waals surface area (Å²) in [7, 11) is 1.27. The molecule has 0 aromatic heterocycles. The first kappa shape index (κ1) is 14.8. The fourth-order valence-corrected chi connectivity index (χ4v) is 1.33. The molecule has 0 aliphatic heterocycles. The van der Waals surface area contributed by atoms with E-state index in [1.54, 1.807) is 5.32 Å². The number of carbonyl (C=O) groups excluding carboxylic acids is 1. The fourth-order valence-electron chi connectivity index (χ4n) is 1.33. The summed E-state index contributed by atoms with van der Waals surface area (Å²) in [6, 6.07) is 3.66. The number of carbonyl (C=O) groups is 2. The molecule has 1 amide bonds. The van der Waals surface area contributed by atoms with Crippen LogP contribution in [0.5, 0.6) is 5.75 Å². The minimum absolute atomic E-state index is 0.149. The highest BCUT2D eigenvalue weighted by molar-refractivity contribution is 5.95. The normalized spacial score (nSPS) is 10.9. The molecule has 1 aromatic rings. The van der Waals surface area contributed by atoms with Crippen molar-refractivity contribution in [3.8, 4) is 5.75 Å². The van der Waals surface area contributed by atoms with E-state index in [0.29, 0.717) is 0 Å². The zero-order chi connectivity index (χ0) is 14.6. The van der Waals surface area contributed by atoms with E-state index >= 15 is 0 Å². The van der Waals surface area contributed by atoms with Crippen LogP contribution in [0.25, 0.3) is 0 Å². The lowest BCUT2D eigenvalue weighted by Gasteiger charge is -2.11. The highest BCUT2D eigenvalue weighted by Gasteiger charge is 2.38. The molecule has 1 rings (SSSR count). The summed E-state index contributed by atoms with van der Waals surface area (Å²) in [6.45, 7) is 0. The number of benzene rings is 1. The predicted molar refractivity (Wildman–Crippen MR) is 59.0 cm³/mol. The zero-order valence-corrected chi connectivity index (χ0v) is 9.75. The number of alkyl halides is 3. The summed E-state index contributed by atoms with van der Waals surface area (Å²) in [4.78, 5) is 21.3. The van der Waals surface area contributed by atoms with Crippen LogP contribution in [0.3, 0.4) is 0 Å². The fraction of sp³-hybridized carbons (Fsp3) is 0.273. The zero-order valence-electron chi connectivity index (χ0n) is 9.75. The molecular formula is C11H10F3NO4. The standard InChI is InChI=1S/C11H10F3NO4/c1-19-8-3-6(4-9(16)17)2-7(5-8)15-10(18)11(12,13)14/h2-3,5H,4H2,1H3,(H,15,18)(H,16,17). The highest BCUT2D eigenvalue weighted by atomic mass is 19.4. The van der Waals surface area contributed by atoms with Gasteiger partial charge in [0.1, 0.15) is 5.75 Å². The van der Waals surface area contributed by atoms with Crippen LogP contribution in [0.2, 0.25) is 0 Å². The molecular weight excluding hydrogens is 267 g/mol. The molecule has 0 atom stereocenters. The molecule has 0 aliphatic rings. The summed E-state index contributed by atoms with van der Waals surface area (Å²) in [5.41, 5.74) is 0.0299. The van der Waals surface area contributed by atoms with Gasteiger partial charge in [0.15, 0.2) is 0 Å². The maximum absolute atomic E-state index is 12.1. The Kier molecular flexibility index (Phi) is 4.36. The molecule has 0 saturated carbocycles. The van der Waals surface area contributed by atoms with Crippen molar-refractivity contribution < 1.29 is 32.6 Å². The van der Waals surface area contributed by atoms with Gasteiger partial charge in [0.05, 0.1) is 13.5 Å². The maximum Gasteiger partial charge on any atom is 0.471 e. The number of anilines is 1. The SMILES string of the molecule is COc1cc(CC(=O)O)cc(NC(=O)C(F)(F)F)c1. The van der Waals surface area contributed by atoms with E-state index in [-0.39, 0.29) is 17.0 Å². The second-order valence-electron chi connectivity index (χ2n) is 3.59. The Bertz CT molecular complexity index is 499. The third-order valence-electron chi connectivity index (χ3n) is 2.07. The van der Waals surface area contributed by atoms with E-state index in [9.17, 15) is 22.8 Å². The van der Waals surface area contributed by atoms with Crippen molar-refractivity contribution in [2.75, 3.05) is 12.4 Å². The van der Waals surface area contributed by atoms with Crippen molar-refractivity contribution in [1.29, 1.82) is 0 Å². The minimum Gasteiger partial charge on any atom is -0.497 e. The number of carboxylic acids is 1. The van der Waals surface area contributed by atoms with Crippen LogP contribution in [-0.4, -0.2) is 30.3 Å². The molecule has 0 aliphatic carbocycles. The quantitative estimate of drug-likeness (QED) is 0.880. The molecule has 1 aromatic carbocycles. The average molecular weight is 277 g/mol. The molecule has 0 radical (unpaired) electrons. The van der Waals surface area contributed by atoms with Gasteiger partial charge in [-0.1, -0.05) is 0 Å². The number of nitrogens with one attached hydrogen (secondary N) is 1. The van der Waals surface area contributed by atoms with Crippen molar-refractivity contribution in [2.24, 2.45) is 0 Å². The first-order valence-corrected chi connectivity index (χ1v) is 5.00. The van der Waals surface area contributed by atoms with Crippen LogP contribution < -0.4 is 10.1 Å². The largest absolute Gasteiger partial charge is 0.497 e. The monoisotopic (exact) mass is 277 g/mol. The van der Waals surface area contributed by atoms with Crippen molar-refractivity contribution in [2.45, 2.75) is 12.6 Å². The minimum atomic E-state index is -5.02. The molecule has 0 saturated heterocycles. The lowest BCUT2D eigenvalue weighted by atomic mass is 10.1. The third-order valence-corrected chi connectivity index (χ3v) is 2.07. The number of ether oxygens (including phenoxy) is 1. The van der Waals surface area contributed by atoms with E-state index in [1.165, 1.54) is 13.2 Å². The number of hydrogen-bond acceptors (Lipinski definition) is 3. The second-order valence-corrected chi connectivity index (χ2v) is 3.59. The molecule has 2 N–H and O–H groups in total. The van der Waals surface area contributed by atoms with Crippen molar-refractivity contribution in [3.63, 3.8) is 0 Å². The van der Waals surface area contributed by atoms with E-state index in [2.05, 4.69) is 0 Å². The van der Waals surface area contributed by atoms with E-state index in [1.807, 2.05) is 0 Å². The topological polar surface area (TPSA) is 75.6 Å². The summed E-state index contributed by atoms with van der Waals surface area (Å²) >= 11 is 0. The Labute approximate surface area is 106 Å². The molecule has 104 valence electrons. The highest BCUT2D eigenvalue weighted by Crippen LogP contribution is 2.24. The number of halogens is 3. The Balaban J connectivity index is 3.00. The Morgan fingerprint density at radius 1 is 1.32 bits per heavy atom. The first-order valence-electron chi connectivity index (χ1n) is 5.00. The number of hydrogen-bond donors (Lipinski definition) is 2. The van der Waals surface area contributed by atoms with Crippen molar-refractivity contribution >= 4 is 17.6 Å². The number of carboxylic acid groups (broad SMARTS) is 1. The van der Waals surface area contributed by atoms with Gasteiger partial charge in [0.25, 0.3) is 0 Å². The van der Waals surface area contributed by atoms with E-state index < -0.39 is 24.5 Å². The molecule has 8 heteroatoms. The van der Waals surface area contributed by atoms with Crippen LogP contribution in [-0.2, 0) is 16.0 Å². The van der Waals surface area contributed by atoms with Gasteiger partial charge in [-0.2, -0.15) is 13.2 Å². The number of aliphatic carboxylic acids is 1. The lowest BCUT2D eigenvalue weighted by molar-refractivity contribution is -0.167. The molecule has 0 spiro atoms. The summed E-state index contributed by atoms with van der Waals surface area (Å²) < 4.78 is 41.1. The van der Waals surface area contributed by atoms with Gasteiger partial charge in [-0.15, -0.1) is 0 Å². The van der Waals surface area contributed by atoms with Crippen LogP contribution in [0.1, 0.15) is 5.56 Å². The van der Waals surface area contributed by atoms with Crippen LogP contribution >= 0.6 is 0 Å². The number of rotatable bonds is 4. The molecule has 0 unspecified atom stereocenters. The van der Waals surface area contributed by atoms with Gasteiger partial charge in [0.2, 0.25) is 0 Å². The average Bonchev–Trinajstić information content (AvgIpc) is 2.26. The molecule has 0 fully saturated rings. The molecule has 0 heterocycles. The van der Waals surface area contributed by atoms with E-state index in [0.717, 1.165) is 12.1 Å². The smallest absolute Gasteiger partial charge is 0.471 e. The second kappa shape index (κ2) is 5.59. The van der Waals surface area contributed by atoms with Gasteiger partial charge in [0, 0.05) is 11.8 Å². The van der Waals surface area contributed by atoms with Crippen LogP contribution in [0.15, 0.2) is 18.2 Å². The van der Waals surface area contributed by atoms with Gasteiger partial charge >= 0.3 is 18.1 Å². The van der Waals surface area contributed by atoms with Gasteiger partial charge in [-0.3, -0.25) is 9.59 Å². The molecule has 0 bridgehead atoms. The van der Waals surface area contributed by atoms with Crippen LogP contribution in [0, 0.1) is 0 Å². The number of methoxy groups -OCH3 is 1. The Morgan fingerprint density at radius 2 is 1.95 bits per heavy atom. The number of amides is 1. The van der Waals surface area contributed by atoms with Gasteiger partial charge in [-0.05, 0) is 17.7 Å². The summed E-state index contributed by atoms with van der Waals surface area (Å²) in [5, 5.41) is 10.3. The Hall–Kier alpha value is -2.25. The lowest BCUT2D eigenvalue weighted by Crippen LogP contribution is -2.29. The predicted octanol–water partition coefficient (Wildman–Crippen LogP) is 1.82. The first-order chi connectivity index (χ1) is 8.72. The van der Waals surface area contributed by atoms with Gasteiger partial charge in [-0.25, -0.2) is 0 Å². The van der Waals surface area contributed by atoms with Crippen molar-refractivity contribution in [3.05, 3.63) is 23.8 Å². The van der Waals surface area contributed by atoms with Gasteiger partial charge < -0.3 is 15.2 Å². The summed E-state index contributed by atoms with van der Waals surface area (Å²) in [5.74, 6) is -3.14. The van der Waals surface area contributed by atoms with Crippen LogP contribution in [0.4, 0.5) is 18.9 Å². The third kappa shape index (κ3) is 4.49. The molecule has 5 nitrogen and oxygen atoms in total. The summed E-state index contributed by atoms with van der Waals surface area (Å²) in [6.07, 6.45) is -5.41. The molecule has 19 heavy (non-hydrogen) atoms. The maximum atomic E-state index is 12.1. The van der Waals surface area contributed by atoms with E-state index in [4.69, 9.17) is 9.84 Å². The Morgan fingerprint density at radius 3 is 2.42 bits per heavy atom. The van der Waals surface area contributed by atoms with Crippen molar-refractivity contribution in [1.82, 2.24) is 0 Å².